The van der Waals surface area contributed by atoms with E-state index in [0.29, 0.717) is 11.3 Å². The van der Waals surface area contributed by atoms with Crippen LogP contribution in [0.25, 0.3) is 0 Å². The maximum Gasteiger partial charge on any atom is 0.331 e. The van der Waals surface area contributed by atoms with Crippen LogP contribution < -0.4 is 27.0 Å². The molecular formula is C30H33N9O5. The van der Waals surface area contributed by atoms with Crippen molar-refractivity contribution in [1.29, 1.82) is 0 Å². The molecular weight excluding hydrogens is 566 g/mol. The van der Waals surface area contributed by atoms with Crippen molar-refractivity contribution in [3.05, 3.63) is 65.2 Å². The second-order valence-electron chi connectivity index (χ2n) is 12.6. The average Bonchev–Trinajstić information content (AvgIpc) is 3.34. The summed E-state index contributed by atoms with van der Waals surface area (Å²) >= 11 is 0. The van der Waals surface area contributed by atoms with Crippen molar-refractivity contribution in [1.82, 2.24) is 20.4 Å². The summed E-state index contributed by atoms with van der Waals surface area (Å²) < 4.78 is 0. The molecule has 0 aromatic heterocycles. The highest BCUT2D eigenvalue weighted by molar-refractivity contribution is 6.12. The van der Waals surface area contributed by atoms with Crippen molar-refractivity contribution < 1.29 is 24.6 Å². The molecule has 8 rings (SSSR count). The van der Waals surface area contributed by atoms with Crippen LogP contribution in [-0.4, -0.2) is 99.0 Å². The minimum atomic E-state index is -2.64. The number of carbonyl (C=O) groups is 3. The Morgan fingerprint density at radius 1 is 1.05 bits per heavy atom. The van der Waals surface area contributed by atoms with E-state index in [4.69, 9.17) is 11.5 Å². The standard InChI is InChI=1S/C30H33N9O5/c31-25-35-23-20(13-38-22(40)15-37(27(38)42)16-5-2-1-3-6-16)33-26(32)39-14-21(30(43,44)29(23,39)36-25)34-24(41)18-7-4-8-19-17(18)9-10-28(19)11-12-28/h1-8,20-21,23,43-44H,9-15H2,(H2,32,33)(H,34,41)(H3,31,35,36)/t20-,21?,23-,29?/m0/s1. The van der Waals surface area contributed by atoms with Crippen molar-refractivity contribution in [3.8, 4) is 0 Å². The number of benzene rings is 2. The van der Waals surface area contributed by atoms with Crippen LogP contribution >= 0.6 is 0 Å². The number of hydrogen-bond donors (Lipinski definition) is 6. The van der Waals surface area contributed by atoms with Gasteiger partial charge in [0.1, 0.15) is 18.6 Å². The van der Waals surface area contributed by atoms with E-state index in [0.717, 1.165) is 36.1 Å². The van der Waals surface area contributed by atoms with Gasteiger partial charge in [-0.05, 0) is 60.4 Å². The van der Waals surface area contributed by atoms with E-state index in [9.17, 15) is 24.6 Å². The number of urea groups is 1. The van der Waals surface area contributed by atoms with E-state index in [1.54, 1.807) is 30.3 Å². The summed E-state index contributed by atoms with van der Waals surface area (Å²) in [6.07, 6.45) is 4.05. The van der Waals surface area contributed by atoms with Crippen LogP contribution in [0.15, 0.2) is 58.5 Å². The molecule has 4 aliphatic heterocycles. The Morgan fingerprint density at radius 2 is 1.82 bits per heavy atom. The summed E-state index contributed by atoms with van der Waals surface area (Å²) in [5.74, 6) is -3.65. The summed E-state index contributed by atoms with van der Waals surface area (Å²) in [6.45, 7) is -0.469. The lowest BCUT2D eigenvalue weighted by Gasteiger charge is -2.49. The van der Waals surface area contributed by atoms with Crippen molar-refractivity contribution in [2.24, 2.45) is 21.5 Å². The van der Waals surface area contributed by atoms with Crippen LogP contribution in [0, 0.1) is 0 Å². The highest BCUT2D eigenvalue weighted by Crippen LogP contribution is 2.57. The number of carbonyl (C=O) groups excluding carboxylic acids is 3. The van der Waals surface area contributed by atoms with Crippen LogP contribution in [-0.2, 0) is 16.6 Å². The van der Waals surface area contributed by atoms with Gasteiger partial charge in [-0.25, -0.2) is 14.8 Å². The molecule has 2 aromatic rings. The predicted molar refractivity (Wildman–Crippen MR) is 158 cm³/mol. The molecule has 3 fully saturated rings. The molecule has 44 heavy (non-hydrogen) atoms. The molecule has 4 heterocycles. The first-order valence-electron chi connectivity index (χ1n) is 14.8. The van der Waals surface area contributed by atoms with Gasteiger partial charge in [0.05, 0.1) is 12.6 Å². The largest absolute Gasteiger partial charge is 0.370 e. The van der Waals surface area contributed by atoms with E-state index in [1.807, 2.05) is 12.1 Å². The molecule has 14 nitrogen and oxygen atoms in total. The second-order valence-corrected chi connectivity index (χ2v) is 12.6. The number of guanidine groups is 2. The number of aliphatic imine (C=N–C) groups is 2. The number of hydrogen-bond acceptors (Lipinski definition) is 11. The highest BCUT2D eigenvalue weighted by atomic mass is 16.5. The third-order valence-electron chi connectivity index (χ3n) is 10.3. The topological polar surface area (TPSA) is 202 Å². The predicted octanol–water partition coefficient (Wildman–Crippen LogP) is -1.09. The van der Waals surface area contributed by atoms with Crippen LogP contribution in [0.1, 0.15) is 40.7 Å². The SMILES string of the molecule is NC1=N[C@H]2[C@H](CN3C(=O)CN(c4ccccc4)C3=O)N=C(N)N3CC(NC(=O)c4cccc5c4CCC54CC4)C(O)(O)C23N1. The van der Waals surface area contributed by atoms with Crippen LogP contribution in [0.2, 0.25) is 0 Å². The van der Waals surface area contributed by atoms with Crippen molar-refractivity contribution in [3.63, 3.8) is 0 Å². The molecule has 228 valence electrons. The van der Waals surface area contributed by atoms with Crippen LogP contribution in [0.3, 0.4) is 0 Å². The van der Waals surface area contributed by atoms with E-state index < -0.39 is 47.4 Å². The fourth-order valence-electron chi connectivity index (χ4n) is 7.92. The zero-order valence-corrected chi connectivity index (χ0v) is 23.8. The summed E-state index contributed by atoms with van der Waals surface area (Å²) in [5.41, 5.74) is 14.2. The van der Waals surface area contributed by atoms with Gasteiger partial charge in [0.25, 0.3) is 11.8 Å². The lowest BCUT2D eigenvalue weighted by molar-refractivity contribution is -0.230. The number of nitrogens with one attached hydrogen (secondary N) is 2. The fraction of sp³-hybridized carbons (Fsp3) is 0.433. The number of nitrogens with zero attached hydrogens (tertiary/aromatic N) is 5. The number of para-hydroxylation sites is 1. The maximum absolute atomic E-state index is 13.7. The van der Waals surface area contributed by atoms with Gasteiger partial charge >= 0.3 is 6.03 Å². The molecule has 0 bridgehead atoms. The molecule has 2 aromatic carbocycles. The molecule has 8 N–H and O–H groups in total. The molecule has 2 aliphatic carbocycles. The van der Waals surface area contributed by atoms with E-state index in [-0.39, 0.29) is 37.0 Å². The van der Waals surface area contributed by atoms with Crippen molar-refractivity contribution >= 4 is 35.5 Å². The number of imide groups is 1. The average molecular weight is 600 g/mol. The minimum Gasteiger partial charge on any atom is -0.370 e. The lowest BCUT2D eigenvalue weighted by Crippen LogP contribution is -2.78. The normalized spacial score (nSPS) is 30.5. The summed E-state index contributed by atoms with van der Waals surface area (Å²) in [6, 6.07) is 10.8. The number of anilines is 1. The molecule has 1 saturated carbocycles. The number of fused-ring (bicyclic) bond motifs is 2. The maximum atomic E-state index is 13.7. The molecule has 14 heteroatoms. The van der Waals surface area contributed by atoms with Crippen molar-refractivity contribution in [2.75, 3.05) is 24.5 Å². The van der Waals surface area contributed by atoms with Gasteiger partial charge in [0, 0.05) is 17.8 Å². The fourth-order valence-corrected chi connectivity index (χ4v) is 7.92. The number of nitrogens with two attached hydrogens (primary N) is 2. The quantitative estimate of drug-likeness (QED) is 0.182. The zero-order valence-electron chi connectivity index (χ0n) is 23.8. The first-order valence-corrected chi connectivity index (χ1v) is 14.8. The van der Waals surface area contributed by atoms with Gasteiger partial charge < -0.3 is 37.2 Å². The summed E-state index contributed by atoms with van der Waals surface area (Å²) in [4.78, 5) is 52.9. The van der Waals surface area contributed by atoms with Gasteiger partial charge in [-0.2, -0.15) is 0 Å². The molecule has 6 aliphatic rings. The van der Waals surface area contributed by atoms with E-state index in [2.05, 4.69) is 26.7 Å². The zero-order chi connectivity index (χ0) is 30.6. The van der Waals surface area contributed by atoms with Gasteiger partial charge in [0.15, 0.2) is 17.6 Å². The van der Waals surface area contributed by atoms with Crippen molar-refractivity contribution in [2.45, 2.75) is 60.7 Å². The molecule has 0 radical (unpaired) electrons. The second kappa shape index (κ2) is 8.92. The van der Waals surface area contributed by atoms with Gasteiger partial charge in [-0.3, -0.25) is 19.4 Å². The minimum absolute atomic E-state index is 0.0665. The van der Waals surface area contributed by atoms with Gasteiger partial charge in [-0.1, -0.05) is 30.3 Å². The lowest BCUT2D eigenvalue weighted by atomic mass is 9.84. The number of aliphatic hydroxyl groups is 2. The van der Waals surface area contributed by atoms with E-state index in [1.165, 1.54) is 15.4 Å². The van der Waals surface area contributed by atoms with Gasteiger partial charge in [-0.15, -0.1) is 0 Å². The molecule has 2 saturated heterocycles. The third-order valence-corrected chi connectivity index (χ3v) is 10.3. The number of rotatable bonds is 5. The molecule has 4 amide bonds. The Morgan fingerprint density at radius 3 is 2.57 bits per heavy atom. The summed E-state index contributed by atoms with van der Waals surface area (Å²) in [5, 5.41) is 29.4. The first-order chi connectivity index (χ1) is 21.1. The summed E-state index contributed by atoms with van der Waals surface area (Å²) in [7, 11) is 0. The Kier molecular flexibility index (Phi) is 5.46. The Bertz CT molecular complexity index is 1670. The molecule has 2 spiro atoms. The third kappa shape index (κ3) is 3.51. The monoisotopic (exact) mass is 599 g/mol. The smallest absolute Gasteiger partial charge is 0.331 e. The Labute approximate surface area is 252 Å². The molecule has 2 unspecified atom stereocenters. The first kappa shape index (κ1) is 26.9. The van der Waals surface area contributed by atoms with Crippen LogP contribution in [0.4, 0.5) is 10.5 Å². The van der Waals surface area contributed by atoms with Crippen LogP contribution in [0.5, 0.6) is 0 Å². The Hall–Kier alpha value is -4.69. The van der Waals surface area contributed by atoms with E-state index >= 15 is 0 Å². The molecule has 4 atom stereocenters. The highest BCUT2D eigenvalue weighted by Gasteiger charge is 2.73. The Balaban J connectivity index is 1.07. The van der Waals surface area contributed by atoms with Gasteiger partial charge in [0.2, 0.25) is 5.79 Å². The number of amides is 4.